The van der Waals surface area contributed by atoms with Crippen molar-refractivity contribution >= 4 is 34.7 Å². The normalized spacial score (nSPS) is 10.8. The van der Waals surface area contributed by atoms with Crippen LogP contribution >= 0.6 is 11.6 Å². The van der Waals surface area contributed by atoms with Gasteiger partial charge in [-0.1, -0.05) is 41.9 Å². The molecule has 0 aliphatic carbocycles. The molecule has 156 valence electrons. The van der Waals surface area contributed by atoms with Gasteiger partial charge in [0.1, 0.15) is 5.69 Å². The molecular weight excluding hydrogens is 426 g/mol. The minimum atomic E-state index is -0.394. The Kier molecular flexibility index (Phi) is 5.19. The Morgan fingerprint density at radius 1 is 0.844 bits per heavy atom. The number of aromatic nitrogens is 5. The molecule has 2 N–H and O–H groups in total. The van der Waals surface area contributed by atoms with Crippen molar-refractivity contribution in [2.24, 2.45) is 0 Å². The van der Waals surface area contributed by atoms with E-state index in [4.69, 9.17) is 11.6 Å². The molecule has 0 bridgehead atoms. The Morgan fingerprint density at radius 2 is 1.72 bits per heavy atom. The molecule has 0 atom stereocenters. The van der Waals surface area contributed by atoms with Gasteiger partial charge < -0.3 is 10.6 Å². The monoisotopic (exact) mass is 441 g/mol. The number of hydrogen-bond acceptors (Lipinski definition) is 5. The molecule has 2 amide bonds. The summed E-state index contributed by atoms with van der Waals surface area (Å²) in [5.74, 6) is 0.552. The molecule has 5 rings (SSSR count). The molecule has 0 aliphatic heterocycles. The molecule has 3 aromatic heterocycles. The van der Waals surface area contributed by atoms with Crippen LogP contribution < -0.4 is 10.6 Å². The number of urea groups is 1. The first-order valence-corrected chi connectivity index (χ1v) is 10.1. The molecule has 8 nitrogen and oxygen atoms in total. The van der Waals surface area contributed by atoms with Crippen LogP contribution in [0.15, 0.2) is 85.1 Å². The first kappa shape index (κ1) is 19.7. The van der Waals surface area contributed by atoms with E-state index in [1.54, 1.807) is 41.0 Å². The fourth-order valence-corrected chi connectivity index (χ4v) is 3.38. The van der Waals surface area contributed by atoms with Gasteiger partial charge in [0.2, 0.25) is 5.82 Å². The first-order chi connectivity index (χ1) is 15.7. The highest BCUT2D eigenvalue weighted by atomic mass is 35.5. The summed E-state index contributed by atoms with van der Waals surface area (Å²) >= 11 is 6.10. The predicted molar refractivity (Wildman–Crippen MR) is 124 cm³/mol. The van der Waals surface area contributed by atoms with Gasteiger partial charge >= 0.3 is 6.03 Å². The van der Waals surface area contributed by atoms with Crippen LogP contribution in [-0.4, -0.2) is 30.8 Å². The number of carbonyl (C=O) groups excluding carboxylic acids is 1. The molecule has 0 unspecified atom stereocenters. The molecule has 0 saturated carbocycles. The summed E-state index contributed by atoms with van der Waals surface area (Å²) in [6.07, 6.45) is 1.70. The maximum Gasteiger partial charge on any atom is 0.323 e. The van der Waals surface area contributed by atoms with Gasteiger partial charge in [0, 0.05) is 17.4 Å². The summed E-state index contributed by atoms with van der Waals surface area (Å²) in [6, 6.07) is 23.3. The van der Waals surface area contributed by atoms with Gasteiger partial charge in [0.25, 0.3) is 0 Å². The highest BCUT2D eigenvalue weighted by molar-refractivity contribution is 6.33. The largest absolute Gasteiger partial charge is 0.323 e. The minimum absolute atomic E-state index is 0.394. The average Bonchev–Trinajstić information content (AvgIpc) is 3.25. The van der Waals surface area contributed by atoms with Gasteiger partial charge in [0.05, 0.1) is 16.4 Å². The van der Waals surface area contributed by atoms with Gasteiger partial charge in [-0.15, -0.1) is 10.2 Å². The number of anilines is 2. The van der Waals surface area contributed by atoms with Crippen molar-refractivity contribution in [3.05, 3.63) is 90.1 Å². The number of hydrogen-bond donors (Lipinski definition) is 2. The van der Waals surface area contributed by atoms with E-state index < -0.39 is 6.03 Å². The summed E-state index contributed by atoms with van der Waals surface area (Å²) in [4.78, 5) is 16.7. The SMILES string of the molecule is O=C(Nc1cccc(-c2ccc3nnc(-c4ccccn4)n3n2)c1)Nc1ccccc1Cl. The number of para-hydroxylation sites is 1. The number of carbonyl (C=O) groups is 1. The molecule has 0 radical (unpaired) electrons. The number of benzene rings is 2. The van der Waals surface area contributed by atoms with Crippen molar-refractivity contribution in [3.8, 4) is 22.8 Å². The van der Waals surface area contributed by atoms with Gasteiger partial charge in [-0.3, -0.25) is 4.98 Å². The third-order valence-electron chi connectivity index (χ3n) is 4.70. The number of nitrogens with one attached hydrogen (secondary N) is 2. The van der Waals surface area contributed by atoms with Crippen LogP contribution in [0.2, 0.25) is 5.02 Å². The Bertz CT molecular complexity index is 1420. The van der Waals surface area contributed by atoms with Gasteiger partial charge in [-0.05, 0) is 48.5 Å². The molecule has 32 heavy (non-hydrogen) atoms. The smallest absolute Gasteiger partial charge is 0.308 e. The van der Waals surface area contributed by atoms with E-state index in [9.17, 15) is 4.79 Å². The lowest BCUT2D eigenvalue weighted by Crippen LogP contribution is -2.19. The number of pyridine rings is 1. The fraction of sp³-hybridized carbons (Fsp3) is 0. The third kappa shape index (κ3) is 3.99. The van der Waals surface area contributed by atoms with Crippen LogP contribution in [-0.2, 0) is 0 Å². The number of rotatable bonds is 4. The lowest BCUT2D eigenvalue weighted by atomic mass is 10.1. The van der Waals surface area contributed by atoms with E-state index in [0.29, 0.717) is 39.3 Å². The van der Waals surface area contributed by atoms with Crippen LogP contribution in [0.25, 0.3) is 28.4 Å². The lowest BCUT2D eigenvalue weighted by Gasteiger charge is -2.10. The molecule has 0 aliphatic rings. The van der Waals surface area contributed by atoms with E-state index >= 15 is 0 Å². The zero-order valence-corrected chi connectivity index (χ0v) is 17.4. The maximum absolute atomic E-state index is 12.4. The molecule has 9 heteroatoms. The van der Waals surface area contributed by atoms with Gasteiger partial charge in [-0.2, -0.15) is 9.61 Å². The second-order valence-electron chi connectivity index (χ2n) is 6.87. The lowest BCUT2D eigenvalue weighted by molar-refractivity contribution is 0.262. The number of amides is 2. The average molecular weight is 442 g/mol. The van der Waals surface area contributed by atoms with Crippen LogP contribution in [0.3, 0.4) is 0 Å². The van der Waals surface area contributed by atoms with E-state index in [-0.39, 0.29) is 0 Å². The summed E-state index contributed by atoms with van der Waals surface area (Å²) in [5.41, 5.74) is 3.96. The Hall–Kier alpha value is -4.30. The van der Waals surface area contributed by atoms with Crippen molar-refractivity contribution in [2.45, 2.75) is 0 Å². The third-order valence-corrected chi connectivity index (χ3v) is 5.02. The van der Waals surface area contributed by atoms with E-state index in [1.165, 1.54) is 0 Å². The molecule has 5 aromatic rings. The summed E-state index contributed by atoms with van der Waals surface area (Å²) < 4.78 is 1.65. The van der Waals surface area contributed by atoms with Crippen molar-refractivity contribution in [2.75, 3.05) is 10.6 Å². The number of nitrogens with zero attached hydrogens (tertiary/aromatic N) is 5. The topological polar surface area (TPSA) is 97.1 Å². The fourth-order valence-electron chi connectivity index (χ4n) is 3.20. The zero-order valence-electron chi connectivity index (χ0n) is 16.6. The highest BCUT2D eigenvalue weighted by Crippen LogP contribution is 2.24. The second-order valence-corrected chi connectivity index (χ2v) is 7.27. The molecule has 0 saturated heterocycles. The van der Waals surface area contributed by atoms with Crippen molar-refractivity contribution < 1.29 is 4.79 Å². The van der Waals surface area contributed by atoms with E-state index in [1.807, 2.05) is 48.5 Å². The van der Waals surface area contributed by atoms with Crippen LogP contribution in [0, 0.1) is 0 Å². The van der Waals surface area contributed by atoms with E-state index in [2.05, 4.69) is 30.9 Å². The second kappa shape index (κ2) is 8.44. The molecular formula is C23H16ClN7O. The maximum atomic E-state index is 12.4. The van der Waals surface area contributed by atoms with Crippen LogP contribution in [0.4, 0.5) is 16.2 Å². The van der Waals surface area contributed by atoms with Crippen LogP contribution in [0.5, 0.6) is 0 Å². The summed E-state index contributed by atoms with van der Waals surface area (Å²) in [7, 11) is 0. The molecule has 0 fully saturated rings. The Balaban J connectivity index is 1.41. The summed E-state index contributed by atoms with van der Waals surface area (Å²) in [6.45, 7) is 0. The van der Waals surface area contributed by atoms with Crippen molar-refractivity contribution in [1.29, 1.82) is 0 Å². The van der Waals surface area contributed by atoms with E-state index in [0.717, 1.165) is 5.56 Å². The van der Waals surface area contributed by atoms with Crippen molar-refractivity contribution in [1.82, 2.24) is 24.8 Å². The highest BCUT2D eigenvalue weighted by Gasteiger charge is 2.12. The number of halogens is 1. The van der Waals surface area contributed by atoms with Crippen LogP contribution in [0.1, 0.15) is 0 Å². The quantitative estimate of drug-likeness (QED) is 0.402. The summed E-state index contributed by atoms with van der Waals surface area (Å²) in [5, 5.41) is 19.1. The first-order valence-electron chi connectivity index (χ1n) is 9.74. The Morgan fingerprint density at radius 3 is 2.56 bits per heavy atom. The van der Waals surface area contributed by atoms with Crippen molar-refractivity contribution in [3.63, 3.8) is 0 Å². The Labute approximate surface area is 187 Å². The predicted octanol–water partition coefficient (Wildman–Crippen LogP) is 5.15. The van der Waals surface area contributed by atoms with Gasteiger partial charge in [0.15, 0.2) is 5.65 Å². The molecule has 0 spiro atoms. The van der Waals surface area contributed by atoms with Gasteiger partial charge in [-0.25, -0.2) is 4.79 Å². The number of fused-ring (bicyclic) bond motifs is 1. The molecule has 2 aromatic carbocycles. The minimum Gasteiger partial charge on any atom is -0.308 e. The zero-order chi connectivity index (χ0) is 21.9. The standard InChI is InChI=1S/C23H16ClN7O/c24-17-8-1-2-9-19(17)27-23(32)26-16-7-5-6-15(14-16)18-11-12-21-28-29-22(31(21)30-18)20-10-3-4-13-25-20/h1-14H,(H2,26,27,32). The molecule has 3 heterocycles.